The standard InChI is InChI=1S/C11H16N4S2/c1-8-3-4-10(17-8)7-12-5-6-16-11-13-9(2)14-15-11/h3-4,12H,5-7H2,1-2H3,(H,13,14,15). The normalized spacial score (nSPS) is 10.9. The lowest BCUT2D eigenvalue weighted by Gasteiger charge is -2.00. The molecule has 0 amide bonds. The van der Waals surface area contributed by atoms with Gasteiger partial charge in [0.25, 0.3) is 0 Å². The number of hydrogen-bond acceptors (Lipinski definition) is 5. The molecule has 0 atom stereocenters. The summed E-state index contributed by atoms with van der Waals surface area (Å²) >= 11 is 3.52. The van der Waals surface area contributed by atoms with Gasteiger partial charge in [-0.2, -0.15) is 0 Å². The van der Waals surface area contributed by atoms with E-state index in [4.69, 9.17) is 0 Å². The summed E-state index contributed by atoms with van der Waals surface area (Å²) in [5.41, 5.74) is 0. The Hall–Kier alpha value is -0.850. The number of thioether (sulfide) groups is 1. The van der Waals surface area contributed by atoms with Crippen LogP contribution in [0.3, 0.4) is 0 Å². The molecule has 0 aliphatic heterocycles. The average molecular weight is 268 g/mol. The Labute approximate surface area is 109 Å². The summed E-state index contributed by atoms with van der Waals surface area (Å²) in [7, 11) is 0. The molecule has 2 N–H and O–H groups in total. The summed E-state index contributed by atoms with van der Waals surface area (Å²) in [5.74, 6) is 1.86. The van der Waals surface area contributed by atoms with E-state index < -0.39 is 0 Å². The molecular weight excluding hydrogens is 252 g/mol. The second kappa shape index (κ2) is 6.18. The van der Waals surface area contributed by atoms with Crippen LogP contribution in [0.5, 0.6) is 0 Å². The van der Waals surface area contributed by atoms with Crippen molar-refractivity contribution in [2.24, 2.45) is 0 Å². The zero-order valence-electron chi connectivity index (χ0n) is 9.99. The van der Waals surface area contributed by atoms with Crippen molar-refractivity contribution in [2.75, 3.05) is 12.3 Å². The second-order valence-corrected chi connectivity index (χ2v) is 6.18. The van der Waals surface area contributed by atoms with Crippen LogP contribution in [-0.4, -0.2) is 27.5 Å². The highest BCUT2D eigenvalue weighted by atomic mass is 32.2. The fraction of sp³-hybridized carbons (Fsp3) is 0.455. The number of nitrogens with one attached hydrogen (secondary N) is 2. The minimum Gasteiger partial charge on any atom is -0.311 e. The molecule has 4 nitrogen and oxygen atoms in total. The highest BCUT2D eigenvalue weighted by molar-refractivity contribution is 7.99. The van der Waals surface area contributed by atoms with E-state index in [1.165, 1.54) is 9.75 Å². The van der Waals surface area contributed by atoms with Crippen LogP contribution in [0.4, 0.5) is 0 Å². The van der Waals surface area contributed by atoms with E-state index in [-0.39, 0.29) is 0 Å². The quantitative estimate of drug-likeness (QED) is 0.624. The van der Waals surface area contributed by atoms with Gasteiger partial charge >= 0.3 is 0 Å². The van der Waals surface area contributed by atoms with E-state index in [0.717, 1.165) is 29.8 Å². The largest absolute Gasteiger partial charge is 0.311 e. The third-order valence-corrected chi connectivity index (χ3v) is 4.03. The lowest BCUT2D eigenvalue weighted by atomic mass is 10.4. The topological polar surface area (TPSA) is 53.6 Å². The molecule has 0 aromatic carbocycles. The van der Waals surface area contributed by atoms with Crippen molar-refractivity contribution in [3.05, 3.63) is 27.7 Å². The first-order valence-corrected chi connectivity index (χ1v) is 7.32. The van der Waals surface area contributed by atoms with Gasteiger partial charge in [0.2, 0.25) is 5.16 Å². The van der Waals surface area contributed by atoms with Crippen molar-refractivity contribution in [1.82, 2.24) is 20.5 Å². The number of thiophene rings is 1. The van der Waals surface area contributed by atoms with Crippen LogP contribution in [0.1, 0.15) is 15.6 Å². The molecule has 0 aliphatic rings. The molecule has 2 aromatic heterocycles. The van der Waals surface area contributed by atoms with Gasteiger partial charge in [0, 0.05) is 28.6 Å². The SMILES string of the molecule is Cc1nc(SCCNCc2ccc(C)s2)n[nH]1. The minimum atomic E-state index is 0.830. The van der Waals surface area contributed by atoms with Crippen molar-refractivity contribution in [1.29, 1.82) is 0 Å². The van der Waals surface area contributed by atoms with Gasteiger partial charge in [0.15, 0.2) is 0 Å². The van der Waals surface area contributed by atoms with Crippen molar-refractivity contribution in [2.45, 2.75) is 25.5 Å². The number of rotatable bonds is 6. The Morgan fingerprint density at radius 2 is 2.29 bits per heavy atom. The molecule has 17 heavy (non-hydrogen) atoms. The molecule has 0 radical (unpaired) electrons. The zero-order chi connectivity index (χ0) is 12.1. The lowest BCUT2D eigenvalue weighted by molar-refractivity contribution is 0.740. The predicted octanol–water partition coefficient (Wildman–Crippen LogP) is 2.36. The van der Waals surface area contributed by atoms with E-state index in [2.05, 4.69) is 39.6 Å². The van der Waals surface area contributed by atoms with Crippen LogP contribution in [0.25, 0.3) is 0 Å². The monoisotopic (exact) mass is 268 g/mol. The summed E-state index contributed by atoms with van der Waals surface area (Å²) < 4.78 is 0. The molecule has 6 heteroatoms. The van der Waals surface area contributed by atoms with Crippen LogP contribution < -0.4 is 5.32 Å². The molecule has 0 fully saturated rings. The maximum Gasteiger partial charge on any atom is 0.208 e. The van der Waals surface area contributed by atoms with Crippen molar-refractivity contribution in [3.63, 3.8) is 0 Å². The molecule has 0 saturated heterocycles. The van der Waals surface area contributed by atoms with Crippen LogP contribution in [0, 0.1) is 13.8 Å². The molecule has 2 rings (SSSR count). The van der Waals surface area contributed by atoms with Gasteiger partial charge in [-0.1, -0.05) is 11.8 Å². The summed E-state index contributed by atoms with van der Waals surface area (Å²) in [4.78, 5) is 7.00. The average Bonchev–Trinajstić information content (AvgIpc) is 2.88. The summed E-state index contributed by atoms with van der Waals surface area (Å²) in [6.07, 6.45) is 0. The second-order valence-electron chi connectivity index (χ2n) is 3.74. The number of hydrogen-bond donors (Lipinski definition) is 2. The first-order valence-electron chi connectivity index (χ1n) is 5.52. The Kier molecular flexibility index (Phi) is 4.58. The Morgan fingerprint density at radius 1 is 1.41 bits per heavy atom. The molecule has 0 unspecified atom stereocenters. The Morgan fingerprint density at radius 3 is 2.94 bits per heavy atom. The molecule has 0 bridgehead atoms. The summed E-state index contributed by atoms with van der Waals surface area (Å²) in [5, 5.41) is 11.2. The smallest absolute Gasteiger partial charge is 0.208 e. The fourth-order valence-corrected chi connectivity index (χ4v) is 2.99. The molecule has 2 heterocycles. The Balaban J connectivity index is 1.60. The van der Waals surface area contributed by atoms with Gasteiger partial charge in [-0.25, -0.2) is 4.98 Å². The highest BCUT2D eigenvalue weighted by Gasteiger charge is 2.00. The van der Waals surface area contributed by atoms with Crippen molar-refractivity contribution >= 4 is 23.1 Å². The van der Waals surface area contributed by atoms with Crippen LogP contribution in [0.2, 0.25) is 0 Å². The van der Waals surface area contributed by atoms with Crippen molar-refractivity contribution in [3.8, 4) is 0 Å². The van der Waals surface area contributed by atoms with Crippen molar-refractivity contribution < 1.29 is 0 Å². The van der Waals surface area contributed by atoms with Gasteiger partial charge in [-0.3, -0.25) is 5.10 Å². The van der Waals surface area contributed by atoms with Gasteiger partial charge in [0.05, 0.1) is 0 Å². The Bertz CT molecular complexity index is 421. The number of aromatic nitrogens is 3. The third kappa shape index (κ3) is 4.14. The van der Waals surface area contributed by atoms with E-state index in [9.17, 15) is 0 Å². The number of nitrogens with zero attached hydrogens (tertiary/aromatic N) is 2. The number of H-pyrrole nitrogens is 1. The highest BCUT2D eigenvalue weighted by Crippen LogP contribution is 2.14. The van der Waals surface area contributed by atoms with E-state index in [1.807, 2.05) is 18.3 Å². The zero-order valence-corrected chi connectivity index (χ0v) is 11.6. The maximum atomic E-state index is 4.24. The van der Waals surface area contributed by atoms with Gasteiger partial charge in [0.1, 0.15) is 5.82 Å². The van der Waals surface area contributed by atoms with Gasteiger partial charge < -0.3 is 5.32 Å². The molecule has 92 valence electrons. The summed E-state index contributed by atoms with van der Waals surface area (Å²) in [6, 6.07) is 4.34. The van der Waals surface area contributed by atoms with E-state index in [1.54, 1.807) is 11.8 Å². The maximum absolute atomic E-state index is 4.24. The first kappa shape index (κ1) is 12.6. The lowest BCUT2D eigenvalue weighted by Crippen LogP contribution is -2.15. The number of aryl methyl sites for hydroxylation is 2. The number of aromatic amines is 1. The van der Waals surface area contributed by atoms with E-state index >= 15 is 0 Å². The van der Waals surface area contributed by atoms with Gasteiger partial charge in [-0.05, 0) is 26.0 Å². The summed E-state index contributed by atoms with van der Waals surface area (Å²) in [6.45, 7) is 5.96. The van der Waals surface area contributed by atoms with Gasteiger partial charge in [-0.15, -0.1) is 16.4 Å². The molecule has 0 aliphatic carbocycles. The van der Waals surface area contributed by atoms with Crippen LogP contribution in [0.15, 0.2) is 17.3 Å². The molecule has 0 saturated carbocycles. The minimum absolute atomic E-state index is 0.830. The first-order chi connectivity index (χ1) is 8.24. The third-order valence-electron chi connectivity index (χ3n) is 2.18. The van der Waals surface area contributed by atoms with Crippen LogP contribution >= 0.6 is 23.1 Å². The fourth-order valence-electron chi connectivity index (χ4n) is 1.39. The molecule has 2 aromatic rings. The van der Waals surface area contributed by atoms with E-state index in [0.29, 0.717) is 0 Å². The predicted molar refractivity (Wildman–Crippen MR) is 72.6 cm³/mol. The molecular formula is C11H16N4S2. The van der Waals surface area contributed by atoms with Crippen LogP contribution in [-0.2, 0) is 6.54 Å². The molecule has 0 spiro atoms.